The van der Waals surface area contributed by atoms with Crippen molar-refractivity contribution in [3.8, 4) is 11.4 Å². The van der Waals surface area contributed by atoms with E-state index in [0.29, 0.717) is 36.0 Å². The highest BCUT2D eigenvalue weighted by Gasteiger charge is 2.36. The zero-order valence-corrected chi connectivity index (χ0v) is 22.1. The summed E-state index contributed by atoms with van der Waals surface area (Å²) < 4.78 is 29.3. The maximum Gasteiger partial charge on any atom is 0.240 e. The van der Waals surface area contributed by atoms with Crippen molar-refractivity contribution in [3.63, 3.8) is 0 Å². The van der Waals surface area contributed by atoms with Crippen LogP contribution in [0.1, 0.15) is 57.8 Å². The number of likely N-dealkylation sites (tertiary alicyclic amines) is 1. The van der Waals surface area contributed by atoms with Crippen LogP contribution in [0, 0.1) is 17.8 Å². The van der Waals surface area contributed by atoms with Crippen molar-refractivity contribution in [1.82, 2.24) is 19.6 Å². The molecular weight excluding hydrogens is 484 g/mol. The molecule has 3 fully saturated rings. The van der Waals surface area contributed by atoms with E-state index in [1.54, 1.807) is 18.2 Å². The normalized spacial score (nSPS) is 26.6. The first kappa shape index (κ1) is 24.6. The Labute approximate surface area is 219 Å². The maximum atomic E-state index is 13.2. The van der Waals surface area contributed by atoms with Crippen LogP contribution in [-0.2, 0) is 14.8 Å². The molecule has 1 saturated heterocycles. The van der Waals surface area contributed by atoms with Gasteiger partial charge in [-0.15, -0.1) is 0 Å². The fraction of sp³-hybridized carbons (Fsp3) is 0.517. The number of fused-ring (bicyclic) bond motifs is 2. The van der Waals surface area contributed by atoms with Gasteiger partial charge in [-0.25, -0.2) is 18.1 Å². The number of benzene rings is 2. The standard InChI is InChI=1S/C29H36N4O3S/c34-29(33-17-16-20-6-4-5-9-23(20)19-33)22-10-12-24(13-11-22)32-37(35,36)25-14-15-26-27(18-25)31-28(30-26)21-7-2-1-3-8-21/h1-3,7-8,14-15,18,20,22-24,32H,4-6,9-13,16-17,19H2,(H,30,31). The van der Waals surface area contributed by atoms with Crippen LogP contribution in [0.15, 0.2) is 53.4 Å². The summed E-state index contributed by atoms with van der Waals surface area (Å²) in [5, 5.41) is 0. The highest BCUT2D eigenvalue weighted by atomic mass is 32.2. The van der Waals surface area contributed by atoms with Gasteiger partial charge in [0.2, 0.25) is 15.9 Å². The predicted octanol–water partition coefficient (Wildman–Crippen LogP) is 5.11. The highest BCUT2D eigenvalue weighted by molar-refractivity contribution is 7.89. The lowest BCUT2D eigenvalue weighted by Gasteiger charge is -2.43. The van der Waals surface area contributed by atoms with Gasteiger partial charge >= 0.3 is 0 Å². The van der Waals surface area contributed by atoms with Gasteiger partial charge in [0.25, 0.3) is 0 Å². The number of carbonyl (C=O) groups excluding carboxylic acids is 1. The van der Waals surface area contributed by atoms with Crippen molar-refractivity contribution >= 4 is 27.0 Å². The maximum absolute atomic E-state index is 13.2. The zero-order chi connectivity index (χ0) is 25.4. The number of imidazole rings is 1. The smallest absolute Gasteiger partial charge is 0.240 e. The van der Waals surface area contributed by atoms with Crippen LogP contribution in [0.25, 0.3) is 22.4 Å². The molecule has 0 bridgehead atoms. The quantitative estimate of drug-likeness (QED) is 0.489. The van der Waals surface area contributed by atoms with Gasteiger partial charge in [0.1, 0.15) is 5.82 Å². The molecule has 1 amide bonds. The molecule has 2 unspecified atom stereocenters. The summed E-state index contributed by atoms with van der Waals surface area (Å²) >= 11 is 0. The number of aromatic amines is 1. The molecule has 2 atom stereocenters. The second-order valence-electron chi connectivity index (χ2n) is 11.2. The second-order valence-corrected chi connectivity index (χ2v) is 12.9. The fourth-order valence-corrected chi connectivity index (χ4v) is 8.02. The highest BCUT2D eigenvalue weighted by Crippen LogP contribution is 2.37. The molecule has 2 aromatic carbocycles. The average Bonchev–Trinajstić information content (AvgIpc) is 3.37. The first-order chi connectivity index (χ1) is 18.0. The Morgan fingerprint density at radius 2 is 1.68 bits per heavy atom. The number of piperidine rings is 1. The molecule has 37 heavy (non-hydrogen) atoms. The fourth-order valence-electron chi connectivity index (χ4n) is 6.69. The van der Waals surface area contributed by atoms with Gasteiger partial charge in [0, 0.05) is 30.6 Å². The molecule has 7 nitrogen and oxygen atoms in total. The van der Waals surface area contributed by atoms with Gasteiger partial charge in [-0.1, -0.05) is 49.6 Å². The molecule has 3 aliphatic rings. The summed E-state index contributed by atoms with van der Waals surface area (Å²) in [6, 6.07) is 14.7. The summed E-state index contributed by atoms with van der Waals surface area (Å²) in [5.41, 5.74) is 2.38. The first-order valence-corrected chi connectivity index (χ1v) is 15.3. The van der Waals surface area contributed by atoms with Crippen molar-refractivity contribution in [2.75, 3.05) is 13.1 Å². The third-order valence-electron chi connectivity index (χ3n) is 8.81. The average molecular weight is 521 g/mol. The molecule has 8 heteroatoms. The molecule has 196 valence electrons. The number of aromatic nitrogens is 2. The van der Waals surface area contributed by atoms with Crippen LogP contribution in [0.4, 0.5) is 0 Å². The van der Waals surface area contributed by atoms with Crippen LogP contribution >= 0.6 is 0 Å². The van der Waals surface area contributed by atoms with Crippen molar-refractivity contribution < 1.29 is 13.2 Å². The van der Waals surface area contributed by atoms with Crippen molar-refractivity contribution in [3.05, 3.63) is 48.5 Å². The van der Waals surface area contributed by atoms with Gasteiger partial charge in [-0.05, 0) is 68.6 Å². The molecule has 2 saturated carbocycles. The Kier molecular flexibility index (Phi) is 6.80. The SMILES string of the molecule is O=C(C1CCC(NS(=O)(=O)c2ccc3nc(-c4ccccc4)[nH]c3c2)CC1)N1CCC2CCCCC2C1. The second kappa shape index (κ2) is 10.2. The van der Waals surface area contributed by atoms with Gasteiger partial charge in [0.05, 0.1) is 15.9 Å². The molecule has 0 spiro atoms. The number of nitrogens with zero attached hydrogens (tertiary/aromatic N) is 2. The lowest BCUT2D eigenvalue weighted by molar-refractivity contribution is -0.139. The molecule has 2 N–H and O–H groups in total. The number of hydrogen-bond acceptors (Lipinski definition) is 4. The number of sulfonamides is 1. The van der Waals surface area contributed by atoms with Crippen molar-refractivity contribution in [2.24, 2.45) is 17.8 Å². The Morgan fingerprint density at radius 1 is 0.919 bits per heavy atom. The number of carbonyl (C=O) groups is 1. The lowest BCUT2D eigenvalue weighted by Crippen LogP contribution is -2.48. The van der Waals surface area contributed by atoms with E-state index in [1.165, 1.54) is 25.7 Å². The summed E-state index contributed by atoms with van der Waals surface area (Å²) in [4.78, 5) is 23.4. The van der Waals surface area contributed by atoms with Crippen LogP contribution in [0.5, 0.6) is 0 Å². The van der Waals surface area contributed by atoms with E-state index in [9.17, 15) is 13.2 Å². The van der Waals surface area contributed by atoms with Gasteiger partial charge in [-0.2, -0.15) is 0 Å². The van der Waals surface area contributed by atoms with Crippen LogP contribution in [-0.4, -0.2) is 48.3 Å². The van der Waals surface area contributed by atoms with E-state index in [1.807, 2.05) is 30.3 Å². The Hall–Kier alpha value is -2.71. The van der Waals surface area contributed by atoms with Gasteiger partial charge in [-0.3, -0.25) is 4.79 Å². The molecule has 0 radical (unpaired) electrons. The molecule has 3 aromatic rings. The third kappa shape index (κ3) is 5.18. The zero-order valence-electron chi connectivity index (χ0n) is 21.2. The molecule has 6 rings (SSSR count). The topological polar surface area (TPSA) is 95.2 Å². The van der Waals surface area contributed by atoms with E-state index in [2.05, 4.69) is 19.6 Å². The number of amides is 1. The minimum atomic E-state index is -3.67. The first-order valence-electron chi connectivity index (χ1n) is 13.8. The van der Waals surface area contributed by atoms with E-state index in [-0.39, 0.29) is 16.9 Å². The summed E-state index contributed by atoms with van der Waals surface area (Å²) in [7, 11) is -3.67. The van der Waals surface area contributed by atoms with Gasteiger partial charge < -0.3 is 9.88 Å². The summed E-state index contributed by atoms with van der Waals surface area (Å²) in [6.45, 7) is 1.83. The largest absolute Gasteiger partial charge is 0.342 e. The predicted molar refractivity (Wildman–Crippen MR) is 144 cm³/mol. The lowest BCUT2D eigenvalue weighted by atomic mass is 9.74. The number of H-pyrrole nitrogens is 1. The molecule has 1 aromatic heterocycles. The van der Waals surface area contributed by atoms with Gasteiger partial charge in [0.15, 0.2) is 0 Å². The van der Waals surface area contributed by atoms with Crippen LogP contribution in [0.3, 0.4) is 0 Å². The third-order valence-corrected chi connectivity index (χ3v) is 10.3. The summed E-state index contributed by atoms with van der Waals surface area (Å²) in [6.07, 6.45) is 9.28. The van der Waals surface area contributed by atoms with E-state index in [4.69, 9.17) is 0 Å². The number of rotatable bonds is 5. The van der Waals surface area contributed by atoms with E-state index < -0.39 is 10.0 Å². The van der Waals surface area contributed by atoms with E-state index in [0.717, 1.165) is 49.4 Å². The van der Waals surface area contributed by atoms with Crippen LogP contribution in [0.2, 0.25) is 0 Å². The molecule has 1 aliphatic heterocycles. The monoisotopic (exact) mass is 520 g/mol. The van der Waals surface area contributed by atoms with E-state index >= 15 is 0 Å². The minimum Gasteiger partial charge on any atom is -0.342 e. The Morgan fingerprint density at radius 3 is 2.46 bits per heavy atom. The summed E-state index contributed by atoms with van der Waals surface area (Å²) in [5.74, 6) is 2.54. The van der Waals surface area contributed by atoms with Crippen molar-refractivity contribution in [2.45, 2.75) is 68.7 Å². The number of hydrogen-bond donors (Lipinski definition) is 2. The van der Waals surface area contributed by atoms with Crippen molar-refractivity contribution in [1.29, 1.82) is 0 Å². The van der Waals surface area contributed by atoms with Crippen LogP contribution < -0.4 is 4.72 Å². The molecular formula is C29H36N4O3S. The molecule has 2 heterocycles. The minimum absolute atomic E-state index is 0.0265. The molecule has 2 aliphatic carbocycles. The Balaban J connectivity index is 1.07. The Bertz CT molecular complexity index is 1360. The number of nitrogens with one attached hydrogen (secondary N) is 2.